The molecule has 84 valence electrons. The zero-order chi connectivity index (χ0) is 11.4. The number of nitrogens with zero attached hydrogens (tertiary/aromatic N) is 2. The summed E-state index contributed by atoms with van der Waals surface area (Å²) in [5.41, 5.74) is 0.778. The SMILES string of the molecule is CCCSc1nnc(-c2ccccc2Cl)o1. The molecule has 0 N–H and O–H groups in total. The van der Waals surface area contributed by atoms with Gasteiger partial charge in [0.05, 0.1) is 10.6 Å². The van der Waals surface area contributed by atoms with Gasteiger partial charge >= 0.3 is 0 Å². The zero-order valence-electron chi connectivity index (χ0n) is 8.81. The highest BCUT2D eigenvalue weighted by atomic mass is 35.5. The first-order chi connectivity index (χ1) is 7.81. The molecule has 0 amide bonds. The number of rotatable bonds is 4. The van der Waals surface area contributed by atoms with Crippen LogP contribution in [0.4, 0.5) is 0 Å². The average molecular weight is 255 g/mol. The van der Waals surface area contributed by atoms with E-state index in [0.717, 1.165) is 17.7 Å². The molecule has 0 aliphatic heterocycles. The molecule has 2 rings (SSSR count). The van der Waals surface area contributed by atoms with Crippen LogP contribution >= 0.6 is 23.4 Å². The second-order valence-corrected chi connectivity index (χ2v) is 4.65. The molecule has 0 fully saturated rings. The number of hydrogen-bond donors (Lipinski definition) is 0. The number of hydrogen-bond acceptors (Lipinski definition) is 4. The van der Waals surface area contributed by atoms with E-state index in [2.05, 4.69) is 17.1 Å². The lowest BCUT2D eigenvalue weighted by Crippen LogP contribution is -1.78. The van der Waals surface area contributed by atoms with E-state index in [1.807, 2.05) is 18.2 Å². The highest BCUT2D eigenvalue weighted by Crippen LogP contribution is 2.28. The molecule has 0 saturated heterocycles. The van der Waals surface area contributed by atoms with Gasteiger partial charge in [-0.2, -0.15) is 0 Å². The topological polar surface area (TPSA) is 38.9 Å². The van der Waals surface area contributed by atoms with Gasteiger partial charge in [-0.05, 0) is 18.6 Å². The molecule has 3 nitrogen and oxygen atoms in total. The van der Waals surface area contributed by atoms with Crippen molar-refractivity contribution in [2.24, 2.45) is 0 Å². The Bertz CT molecular complexity index is 473. The minimum Gasteiger partial charge on any atom is -0.411 e. The first-order valence-corrected chi connectivity index (χ1v) is 6.39. The standard InChI is InChI=1S/C11H11ClN2OS/c1-2-7-16-11-14-13-10(15-11)8-5-3-4-6-9(8)12/h3-6H,2,7H2,1H3. The summed E-state index contributed by atoms with van der Waals surface area (Å²) in [5, 5.41) is 9.15. The fourth-order valence-electron chi connectivity index (χ4n) is 1.20. The summed E-state index contributed by atoms with van der Waals surface area (Å²) >= 11 is 7.60. The van der Waals surface area contributed by atoms with Crippen molar-refractivity contribution in [2.75, 3.05) is 5.75 Å². The van der Waals surface area contributed by atoms with E-state index in [0.29, 0.717) is 16.1 Å². The third-order valence-corrected chi connectivity index (χ3v) is 3.29. The van der Waals surface area contributed by atoms with Crippen LogP contribution in [0, 0.1) is 0 Å². The van der Waals surface area contributed by atoms with Crippen LogP contribution in [0.25, 0.3) is 11.5 Å². The molecule has 5 heteroatoms. The van der Waals surface area contributed by atoms with Gasteiger partial charge in [0.2, 0.25) is 5.89 Å². The third kappa shape index (κ3) is 2.57. The van der Waals surface area contributed by atoms with Crippen molar-refractivity contribution < 1.29 is 4.42 Å². The normalized spacial score (nSPS) is 10.6. The minimum absolute atomic E-state index is 0.476. The predicted octanol–water partition coefficient (Wildman–Crippen LogP) is 3.89. The minimum atomic E-state index is 0.476. The lowest BCUT2D eigenvalue weighted by Gasteiger charge is -1.96. The molecule has 0 spiro atoms. The lowest BCUT2D eigenvalue weighted by atomic mass is 10.2. The van der Waals surface area contributed by atoms with E-state index in [-0.39, 0.29) is 0 Å². The molecular formula is C11H11ClN2OS. The van der Waals surface area contributed by atoms with E-state index in [1.54, 1.807) is 17.8 Å². The Balaban J connectivity index is 2.22. The van der Waals surface area contributed by atoms with Gasteiger partial charge in [0.25, 0.3) is 5.22 Å². The van der Waals surface area contributed by atoms with Crippen LogP contribution in [0.1, 0.15) is 13.3 Å². The van der Waals surface area contributed by atoms with Crippen LogP contribution in [0.15, 0.2) is 33.9 Å². The van der Waals surface area contributed by atoms with Gasteiger partial charge in [0.1, 0.15) is 0 Å². The van der Waals surface area contributed by atoms with Crippen molar-refractivity contribution >= 4 is 23.4 Å². The van der Waals surface area contributed by atoms with Gasteiger partial charge in [-0.25, -0.2) is 0 Å². The molecular weight excluding hydrogens is 244 g/mol. The lowest BCUT2D eigenvalue weighted by molar-refractivity contribution is 0.466. The van der Waals surface area contributed by atoms with E-state index >= 15 is 0 Å². The fraction of sp³-hybridized carbons (Fsp3) is 0.273. The number of thioether (sulfide) groups is 1. The maximum Gasteiger partial charge on any atom is 0.276 e. The van der Waals surface area contributed by atoms with Crippen LogP contribution in [-0.2, 0) is 0 Å². The van der Waals surface area contributed by atoms with Crippen molar-refractivity contribution in [3.05, 3.63) is 29.3 Å². The first-order valence-electron chi connectivity index (χ1n) is 5.02. The van der Waals surface area contributed by atoms with Gasteiger partial charge in [-0.15, -0.1) is 10.2 Å². The van der Waals surface area contributed by atoms with Crippen LogP contribution in [-0.4, -0.2) is 16.0 Å². The molecule has 1 aromatic carbocycles. The Morgan fingerprint density at radius 1 is 1.31 bits per heavy atom. The van der Waals surface area contributed by atoms with Crippen molar-refractivity contribution in [3.63, 3.8) is 0 Å². The molecule has 0 aliphatic carbocycles. The first kappa shape index (κ1) is 11.5. The quantitative estimate of drug-likeness (QED) is 0.776. The van der Waals surface area contributed by atoms with E-state index < -0.39 is 0 Å². The maximum atomic E-state index is 6.04. The van der Waals surface area contributed by atoms with Crippen LogP contribution in [0.3, 0.4) is 0 Å². The monoisotopic (exact) mass is 254 g/mol. The summed E-state index contributed by atoms with van der Waals surface area (Å²) in [6.07, 6.45) is 1.08. The highest BCUT2D eigenvalue weighted by molar-refractivity contribution is 7.99. The average Bonchev–Trinajstić information content (AvgIpc) is 2.75. The number of benzene rings is 1. The Kier molecular flexibility index (Phi) is 3.85. The van der Waals surface area contributed by atoms with Gasteiger partial charge < -0.3 is 4.42 Å². The Hall–Kier alpha value is -1.00. The Labute approximate surface area is 103 Å². The van der Waals surface area contributed by atoms with Crippen LogP contribution < -0.4 is 0 Å². The molecule has 1 aromatic heterocycles. The summed E-state index contributed by atoms with van der Waals surface area (Å²) in [6, 6.07) is 7.43. The fourth-order valence-corrected chi connectivity index (χ4v) is 2.03. The summed E-state index contributed by atoms with van der Waals surface area (Å²) < 4.78 is 5.51. The highest BCUT2D eigenvalue weighted by Gasteiger charge is 2.11. The smallest absolute Gasteiger partial charge is 0.276 e. The second kappa shape index (κ2) is 5.37. The van der Waals surface area contributed by atoms with Crippen molar-refractivity contribution in [1.82, 2.24) is 10.2 Å². The number of aromatic nitrogens is 2. The predicted molar refractivity (Wildman–Crippen MR) is 65.8 cm³/mol. The molecule has 0 saturated carbocycles. The molecule has 2 aromatic rings. The summed E-state index contributed by atoms with van der Waals surface area (Å²) in [7, 11) is 0. The van der Waals surface area contributed by atoms with Gasteiger partial charge in [0, 0.05) is 5.75 Å². The Morgan fingerprint density at radius 2 is 2.12 bits per heavy atom. The van der Waals surface area contributed by atoms with Gasteiger partial charge in [0.15, 0.2) is 0 Å². The van der Waals surface area contributed by atoms with Crippen LogP contribution in [0.2, 0.25) is 5.02 Å². The van der Waals surface area contributed by atoms with Gasteiger partial charge in [-0.1, -0.05) is 42.4 Å². The van der Waals surface area contributed by atoms with E-state index in [9.17, 15) is 0 Å². The summed E-state index contributed by atoms with van der Waals surface area (Å²) in [5.74, 6) is 1.45. The maximum absolute atomic E-state index is 6.04. The zero-order valence-corrected chi connectivity index (χ0v) is 10.4. The molecule has 1 heterocycles. The van der Waals surface area contributed by atoms with Crippen molar-refractivity contribution in [2.45, 2.75) is 18.6 Å². The summed E-state index contributed by atoms with van der Waals surface area (Å²) in [6.45, 7) is 2.11. The summed E-state index contributed by atoms with van der Waals surface area (Å²) in [4.78, 5) is 0. The van der Waals surface area contributed by atoms with E-state index in [1.165, 1.54) is 0 Å². The molecule has 0 aliphatic rings. The third-order valence-electron chi connectivity index (χ3n) is 1.94. The van der Waals surface area contributed by atoms with Gasteiger partial charge in [-0.3, -0.25) is 0 Å². The molecule has 16 heavy (non-hydrogen) atoms. The van der Waals surface area contributed by atoms with Crippen LogP contribution in [0.5, 0.6) is 0 Å². The molecule has 0 unspecified atom stereocenters. The van der Waals surface area contributed by atoms with E-state index in [4.69, 9.17) is 16.0 Å². The van der Waals surface area contributed by atoms with Crippen molar-refractivity contribution in [1.29, 1.82) is 0 Å². The molecule has 0 radical (unpaired) electrons. The molecule has 0 bridgehead atoms. The largest absolute Gasteiger partial charge is 0.411 e. The number of halogens is 1. The second-order valence-electron chi connectivity index (χ2n) is 3.20. The van der Waals surface area contributed by atoms with Crippen molar-refractivity contribution in [3.8, 4) is 11.5 Å². The Morgan fingerprint density at radius 3 is 2.88 bits per heavy atom. The molecule has 0 atom stereocenters.